The van der Waals surface area contributed by atoms with Gasteiger partial charge in [-0.25, -0.2) is 4.98 Å². The zero-order valence-electron chi connectivity index (χ0n) is 8.53. The molecule has 2 rings (SSSR count). The molecule has 1 N–H and O–H groups in total. The number of thiazole rings is 1. The van der Waals surface area contributed by atoms with Crippen LogP contribution in [0.25, 0.3) is 10.4 Å². The molecule has 0 fully saturated rings. The first-order valence-electron chi connectivity index (χ1n) is 4.64. The van der Waals surface area contributed by atoms with Crippen LogP contribution in [0.1, 0.15) is 6.92 Å². The quantitative estimate of drug-likeness (QED) is 0.890. The minimum absolute atomic E-state index is 0.114. The molecule has 0 aliphatic heterocycles. The second kappa shape index (κ2) is 4.63. The molecule has 0 atom stereocenters. The van der Waals surface area contributed by atoms with E-state index in [4.69, 9.17) is 11.6 Å². The van der Waals surface area contributed by atoms with Crippen molar-refractivity contribution in [3.63, 3.8) is 0 Å². The molecule has 0 saturated carbocycles. The first kappa shape index (κ1) is 11.1. The summed E-state index contributed by atoms with van der Waals surface area (Å²) >= 11 is 7.24. The fourth-order valence-corrected chi connectivity index (χ4v) is 2.22. The highest BCUT2D eigenvalue weighted by Gasteiger charge is 2.05. The van der Waals surface area contributed by atoms with E-state index in [-0.39, 0.29) is 5.91 Å². The summed E-state index contributed by atoms with van der Waals surface area (Å²) in [6.45, 7) is 1.46. The Kier molecular flexibility index (Phi) is 3.22. The van der Waals surface area contributed by atoms with Gasteiger partial charge in [-0.1, -0.05) is 35.1 Å². The van der Waals surface area contributed by atoms with Gasteiger partial charge >= 0.3 is 0 Å². The molecule has 1 aromatic carbocycles. The molecular formula is C11H9ClN2OS. The van der Waals surface area contributed by atoms with E-state index >= 15 is 0 Å². The fourth-order valence-electron chi connectivity index (χ4n) is 1.23. The molecule has 16 heavy (non-hydrogen) atoms. The van der Waals surface area contributed by atoms with Gasteiger partial charge in [-0.05, 0) is 17.7 Å². The smallest absolute Gasteiger partial charge is 0.223 e. The van der Waals surface area contributed by atoms with Crippen LogP contribution in [0.5, 0.6) is 0 Å². The van der Waals surface area contributed by atoms with Gasteiger partial charge in [0, 0.05) is 18.1 Å². The number of amides is 1. The summed E-state index contributed by atoms with van der Waals surface area (Å²) in [4.78, 5) is 16.0. The zero-order valence-corrected chi connectivity index (χ0v) is 10.1. The number of aromatic nitrogens is 1. The van der Waals surface area contributed by atoms with Crippen molar-refractivity contribution >= 4 is 34.0 Å². The van der Waals surface area contributed by atoms with Gasteiger partial charge in [0.15, 0.2) is 5.13 Å². The van der Waals surface area contributed by atoms with Crippen molar-refractivity contribution in [3.05, 3.63) is 35.5 Å². The molecule has 82 valence electrons. The third kappa shape index (κ3) is 2.59. The number of rotatable bonds is 2. The molecule has 0 aliphatic rings. The van der Waals surface area contributed by atoms with Gasteiger partial charge in [-0.2, -0.15) is 0 Å². The normalized spacial score (nSPS) is 10.1. The number of anilines is 1. The standard InChI is InChI=1S/C11H9ClN2OS/c1-7(15)14-11-13-6-10(16-11)8-2-4-9(12)5-3-8/h2-6H,1H3,(H,13,14,15). The highest BCUT2D eigenvalue weighted by Crippen LogP contribution is 2.29. The number of nitrogens with one attached hydrogen (secondary N) is 1. The second-order valence-electron chi connectivity index (χ2n) is 3.22. The average molecular weight is 253 g/mol. The molecule has 1 amide bonds. The van der Waals surface area contributed by atoms with E-state index in [9.17, 15) is 4.79 Å². The minimum atomic E-state index is -0.114. The molecule has 0 unspecified atom stereocenters. The van der Waals surface area contributed by atoms with Gasteiger partial charge in [-0.15, -0.1) is 0 Å². The third-order valence-corrected chi connectivity index (χ3v) is 3.13. The molecule has 0 radical (unpaired) electrons. The predicted molar refractivity (Wildman–Crippen MR) is 66.9 cm³/mol. The topological polar surface area (TPSA) is 42.0 Å². The molecule has 3 nitrogen and oxygen atoms in total. The van der Waals surface area contributed by atoms with Crippen molar-refractivity contribution in [1.29, 1.82) is 0 Å². The van der Waals surface area contributed by atoms with Crippen molar-refractivity contribution in [2.24, 2.45) is 0 Å². The van der Waals surface area contributed by atoms with E-state index in [0.717, 1.165) is 10.4 Å². The van der Waals surface area contributed by atoms with E-state index in [1.165, 1.54) is 18.3 Å². The van der Waals surface area contributed by atoms with Crippen LogP contribution in [0.15, 0.2) is 30.5 Å². The summed E-state index contributed by atoms with van der Waals surface area (Å²) in [5.74, 6) is -0.114. The highest BCUT2D eigenvalue weighted by atomic mass is 35.5. The number of carbonyl (C=O) groups is 1. The van der Waals surface area contributed by atoms with Gasteiger partial charge in [0.05, 0.1) is 4.88 Å². The molecule has 0 aliphatic carbocycles. The lowest BCUT2D eigenvalue weighted by Crippen LogP contribution is -2.04. The zero-order chi connectivity index (χ0) is 11.5. The summed E-state index contributed by atoms with van der Waals surface area (Å²) < 4.78 is 0. The van der Waals surface area contributed by atoms with Crippen LogP contribution in [-0.2, 0) is 4.79 Å². The Morgan fingerprint density at radius 3 is 2.69 bits per heavy atom. The monoisotopic (exact) mass is 252 g/mol. The Balaban J connectivity index is 2.24. The fraction of sp³-hybridized carbons (Fsp3) is 0.0909. The second-order valence-corrected chi connectivity index (χ2v) is 4.68. The molecular weight excluding hydrogens is 244 g/mol. The Labute approximate surface area is 102 Å². The van der Waals surface area contributed by atoms with Crippen LogP contribution in [0, 0.1) is 0 Å². The minimum Gasteiger partial charge on any atom is -0.302 e. The number of hydrogen-bond donors (Lipinski definition) is 1. The maximum absolute atomic E-state index is 10.8. The number of hydrogen-bond acceptors (Lipinski definition) is 3. The van der Waals surface area contributed by atoms with Crippen LogP contribution in [-0.4, -0.2) is 10.9 Å². The van der Waals surface area contributed by atoms with Crippen molar-refractivity contribution < 1.29 is 4.79 Å². The van der Waals surface area contributed by atoms with Crippen molar-refractivity contribution in [3.8, 4) is 10.4 Å². The summed E-state index contributed by atoms with van der Waals surface area (Å²) in [5, 5.41) is 3.96. The predicted octanol–water partition coefficient (Wildman–Crippen LogP) is 3.42. The SMILES string of the molecule is CC(=O)Nc1ncc(-c2ccc(Cl)cc2)s1. The lowest BCUT2D eigenvalue weighted by atomic mass is 10.2. The van der Waals surface area contributed by atoms with E-state index in [1.54, 1.807) is 6.20 Å². The van der Waals surface area contributed by atoms with Gasteiger partial charge in [-0.3, -0.25) is 4.79 Å². The lowest BCUT2D eigenvalue weighted by Gasteiger charge is -1.96. The molecule has 0 spiro atoms. The summed E-state index contributed by atoms with van der Waals surface area (Å²) in [7, 11) is 0. The van der Waals surface area contributed by atoms with E-state index in [0.29, 0.717) is 10.2 Å². The lowest BCUT2D eigenvalue weighted by molar-refractivity contribution is -0.114. The Morgan fingerprint density at radius 2 is 2.06 bits per heavy atom. The van der Waals surface area contributed by atoms with Gasteiger partial charge in [0.1, 0.15) is 0 Å². The average Bonchev–Trinajstić information content (AvgIpc) is 2.66. The number of benzene rings is 1. The summed E-state index contributed by atoms with van der Waals surface area (Å²) in [6.07, 6.45) is 1.74. The molecule has 5 heteroatoms. The summed E-state index contributed by atoms with van der Waals surface area (Å²) in [5.41, 5.74) is 1.04. The largest absolute Gasteiger partial charge is 0.302 e. The Bertz CT molecular complexity index is 507. The van der Waals surface area contributed by atoms with Crippen LogP contribution in [0.3, 0.4) is 0 Å². The number of carbonyl (C=O) groups excluding carboxylic acids is 1. The van der Waals surface area contributed by atoms with Crippen molar-refractivity contribution in [2.75, 3.05) is 5.32 Å². The Morgan fingerprint density at radius 1 is 1.38 bits per heavy atom. The highest BCUT2D eigenvalue weighted by molar-refractivity contribution is 7.19. The van der Waals surface area contributed by atoms with Crippen LogP contribution >= 0.6 is 22.9 Å². The number of halogens is 1. The maximum atomic E-state index is 10.8. The number of nitrogens with zero attached hydrogens (tertiary/aromatic N) is 1. The molecule has 1 heterocycles. The van der Waals surface area contributed by atoms with E-state index in [1.807, 2.05) is 24.3 Å². The molecule has 0 bridgehead atoms. The van der Waals surface area contributed by atoms with Gasteiger partial charge in [0.2, 0.25) is 5.91 Å². The van der Waals surface area contributed by atoms with Crippen molar-refractivity contribution in [1.82, 2.24) is 4.98 Å². The van der Waals surface area contributed by atoms with Gasteiger partial charge < -0.3 is 5.32 Å². The molecule has 0 saturated heterocycles. The van der Waals surface area contributed by atoms with Crippen LogP contribution in [0.4, 0.5) is 5.13 Å². The van der Waals surface area contributed by atoms with Crippen LogP contribution < -0.4 is 5.32 Å². The van der Waals surface area contributed by atoms with E-state index < -0.39 is 0 Å². The van der Waals surface area contributed by atoms with Crippen LogP contribution in [0.2, 0.25) is 5.02 Å². The molecule has 1 aromatic heterocycles. The van der Waals surface area contributed by atoms with Gasteiger partial charge in [0.25, 0.3) is 0 Å². The summed E-state index contributed by atoms with van der Waals surface area (Å²) in [6, 6.07) is 7.50. The van der Waals surface area contributed by atoms with Crippen molar-refractivity contribution in [2.45, 2.75) is 6.92 Å². The first-order chi connectivity index (χ1) is 7.65. The Hall–Kier alpha value is -1.39. The first-order valence-corrected chi connectivity index (χ1v) is 5.84. The maximum Gasteiger partial charge on any atom is 0.223 e. The van der Waals surface area contributed by atoms with E-state index in [2.05, 4.69) is 10.3 Å². The third-order valence-electron chi connectivity index (χ3n) is 1.92. The molecule has 2 aromatic rings.